The Kier molecular flexibility index (Phi) is 4.61. The number of rotatable bonds is 5. The van der Waals surface area contributed by atoms with Gasteiger partial charge in [0.2, 0.25) is 0 Å². The zero-order valence-corrected chi connectivity index (χ0v) is 9.36. The highest BCUT2D eigenvalue weighted by atomic mass is 19.2. The van der Waals surface area contributed by atoms with Gasteiger partial charge in [0.1, 0.15) is 5.82 Å². The molecule has 90 valence electrons. The third-order valence-corrected chi connectivity index (χ3v) is 2.09. The number of nitrogens with zero attached hydrogens (tertiary/aromatic N) is 1. The van der Waals surface area contributed by atoms with Crippen molar-refractivity contribution in [1.29, 1.82) is 0 Å². The third-order valence-electron chi connectivity index (χ3n) is 2.09. The molecule has 0 aromatic heterocycles. The average molecular weight is 232 g/mol. The summed E-state index contributed by atoms with van der Waals surface area (Å²) < 4.78 is 38.8. The Morgan fingerprint density at radius 3 is 2.50 bits per heavy atom. The minimum Gasteiger partial charge on any atom is -0.382 e. The van der Waals surface area contributed by atoms with E-state index < -0.39 is 17.5 Å². The van der Waals surface area contributed by atoms with Crippen LogP contribution in [0, 0.1) is 17.5 Å². The van der Waals surface area contributed by atoms with Gasteiger partial charge in [0.15, 0.2) is 11.6 Å². The summed E-state index contributed by atoms with van der Waals surface area (Å²) in [6.45, 7) is 1.30. The summed E-state index contributed by atoms with van der Waals surface area (Å²) in [7, 11) is 3.84. The van der Waals surface area contributed by atoms with Crippen molar-refractivity contribution in [1.82, 2.24) is 4.90 Å². The largest absolute Gasteiger partial charge is 0.382 e. The van der Waals surface area contributed by atoms with Crippen LogP contribution < -0.4 is 5.32 Å². The first-order valence-corrected chi connectivity index (χ1v) is 5.04. The summed E-state index contributed by atoms with van der Waals surface area (Å²) in [4.78, 5) is 1.98. The van der Waals surface area contributed by atoms with Crippen molar-refractivity contribution in [2.24, 2.45) is 0 Å². The third kappa shape index (κ3) is 3.73. The highest BCUT2D eigenvalue weighted by molar-refractivity contribution is 5.45. The van der Waals surface area contributed by atoms with Crippen LogP contribution in [0.5, 0.6) is 0 Å². The van der Waals surface area contributed by atoms with Crippen LogP contribution in [0.15, 0.2) is 12.1 Å². The first kappa shape index (κ1) is 12.8. The summed E-state index contributed by atoms with van der Waals surface area (Å²) in [6, 6.07) is 1.48. The van der Waals surface area contributed by atoms with Gasteiger partial charge in [-0.05, 0) is 27.1 Å². The van der Waals surface area contributed by atoms with Gasteiger partial charge in [-0.3, -0.25) is 0 Å². The van der Waals surface area contributed by atoms with Crippen molar-refractivity contribution >= 4 is 5.69 Å². The van der Waals surface area contributed by atoms with Crippen LogP contribution in [-0.4, -0.2) is 32.1 Å². The molecule has 1 aromatic carbocycles. The zero-order chi connectivity index (χ0) is 12.1. The van der Waals surface area contributed by atoms with Crippen LogP contribution in [0.4, 0.5) is 18.9 Å². The van der Waals surface area contributed by atoms with Crippen LogP contribution in [0.2, 0.25) is 0 Å². The highest BCUT2D eigenvalue weighted by Gasteiger charge is 2.10. The first-order valence-electron chi connectivity index (χ1n) is 5.04. The van der Waals surface area contributed by atoms with E-state index in [1.54, 1.807) is 0 Å². The Labute approximate surface area is 93.1 Å². The van der Waals surface area contributed by atoms with E-state index in [2.05, 4.69) is 5.32 Å². The molecule has 0 atom stereocenters. The Bertz CT molecular complexity index is 353. The molecule has 0 saturated heterocycles. The molecule has 1 aromatic rings. The minimum absolute atomic E-state index is 0.128. The maximum atomic E-state index is 13.2. The fourth-order valence-electron chi connectivity index (χ4n) is 1.30. The lowest BCUT2D eigenvalue weighted by atomic mass is 10.2. The van der Waals surface area contributed by atoms with Gasteiger partial charge in [0.05, 0.1) is 5.69 Å². The Morgan fingerprint density at radius 2 is 1.88 bits per heavy atom. The molecular formula is C11H15F3N2. The monoisotopic (exact) mass is 232 g/mol. The highest BCUT2D eigenvalue weighted by Crippen LogP contribution is 2.18. The van der Waals surface area contributed by atoms with E-state index in [0.717, 1.165) is 19.0 Å². The fourth-order valence-corrected chi connectivity index (χ4v) is 1.30. The molecule has 0 heterocycles. The van der Waals surface area contributed by atoms with E-state index in [0.29, 0.717) is 12.6 Å². The summed E-state index contributed by atoms with van der Waals surface area (Å²) in [6.07, 6.45) is 0.768. The van der Waals surface area contributed by atoms with Gasteiger partial charge >= 0.3 is 0 Å². The molecular weight excluding hydrogens is 217 g/mol. The molecule has 1 N–H and O–H groups in total. The van der Waals surface area contributed by atoms with Gasteiger partial charge in [0.25, 0.3) is 0 Å². The van der Waals surface area contributed by atoms with Crippen LogP contribution in [0.3, 0.4) is 0 Å². The lowest BCUT2D eigenvalue weighted by Crippen LogP contribution is -2.16. The molecule has 0 aliphatic rings. The van der Waals surface area contributed by atoms with Gasteiger partial charge in [-0.2, -0.15) is 0 Å². The average Bonchev–Trinajstić information content (AvgIpc) is 2.19. The summed E-state index contributed by atoms with van der Waals surface area (Å²) in [5.74, 6) is -2.99. The lowest BCUT2D eigenvalue weighted by molar-refractivity contribution is 0.405. The number of hydrogen-bond donors (Lipinski definition) is 1. The second kappa shape index (κ2) is 5.75. The smallest absolute Gasteiger partial charge is 0.182 e. The van der Waals surface area contributed by atoms with Crippen molar-refractivity contribution in [3.63, 3.8) is 0 Å². The van der Waals surface area contributed by atoms with Crippen molar-refractivity contribution in [2.75, 3.05) is 32.5 Å². The minimum atomic E-state index is -1.17. The van der Waals surface area contributed by atoms with Crippen molar-refractivity contribution < 1.29 is 13.2 Å². The molecule has 0 radical (unpaired) electrons. The molecule has 0 fully saturated rings. The number of anilines is 1. The Balaban J connectivity index is 2.53. The van der Waals surface area contributed by atoms with Gasteiger partial charge < -0.3 is 10.2 Å². The van der Waals surface area contributed by atoms with Crippen LogP contribution in [0.25, 0.3) is 0 Å². The number of benzene rings is 1. The summed E-state index contributed by atoms with van der Waals surface area (Å²) >= 11 is 0. The molecule has 0 saturated carbocycles. The molecule has 2 nitrogen and oxygen atoms in total. The second-order valence-corrected chi connectivity index (χ2v) is 3.83. The number of nitrogens with one attached hydrogen (secondary N) is 1. The summed E-state index contributed by atoms with van der Waals surface area (Å²) in [5, 5.41) is 2.67. The van der Waals surface area contributed by atoms with E-state index in [1.807, 2.05) is 19.0 Å². The van der Waals surface area contributed by atoms with E-state index in [1.165, 1.54) is 0 Å². The van der Waals surface area contributed by atoms with Gasteiger partial charge in [-0.1, -0.05) is 0 Å². The molecule has 0 aliphatic heterocycles. The predicted octanol–water partition coefficient (Wildman–Crippen LogP) is 2.47. The zero-order valence-electron chi connectivity index (χ0n) is 9.36. The maximum Gasteiger partial charge on any atom is 0.182 e. The Hall–Kier alpha value is -1.23. The normalized spacial score (nSPS) is 10.9. The van der Waals surface area contributed by atoms with Crippen molar-refractivity contribution in [3.05, 3.63) is 29.6 Å². The quantitative estimate of drug-likeness (QED) is 0.619. The Morgan fingerprint density at radius 1 is 1.19 bits per heavy atom. The van der Waals surface area contributed by atoms with E-state index in [4.69, 9.17) is 0 Å². The van der Waals surface area contributed by atoms with Crippen LogP contribution >= 0.6 is 0 Å². The SMILES string of the molecule is CN(C)CCCNc1cc(F)cc(F)c1F. The van der Waals surface area contributed by atoms with E-state index in [9.17, 15) is 13.2 Å². The van der Waals surface area contributed by atoms with Crippen LogP contribution in [0.1, 0.15) is 6.42 Å². The standard InChI is InChI=1S/C11H15F3N2/c1-16(2)5-3-4-15-10-7-8(12)6-9(13)11(10)14/h6-7,15H,3-5H2,1-2H3. The first-order chi connectivity index (χ1) is 7.50. The number of halogens is 3. The van der Waals surface area contributed by atoms with E-state index in [-0.39, 0.29) is 5.69 Å². The van der Waals surface area contributed by atoms with Gasteiger partial charge in [-0.15, -0.1) is 0 Å². The molecule has 1 rings (SSSR count). The molecule has 5 heteroatoms. The van der Waals surface area contributed by atoms with Gasteiger partial charge in [0, 0.05) is 18.7 Å². The van der Waals surface area contributed by atoms with Gasteiger partial charge in [-0.25, -0.2) is 13.2 Å². The number of hydrogen-bond acceptors (Lipinski definition) is 2. The second-order valence-electron chi connectivity index (χ2n) is 3.83. The van der Waals surface area contributed by atoms with E-state index >= 15 is 0 Å². The molecule has 0 bridgehead atoms. The summed E-state index contributed by atoms with van der Waals surface area (Å²) in [5.41, 5.74) is -0.128. The maximum absolute atomic E-state index is 13.2. The van der Waals surface area contributed by atoms with Crippen molar-refractivity contribution in [2.45, 2.75) is 6.42 Å². The molecule has 16 heavy (non-hydrogen) atoms. The molecule has 0 spiro atoms. The fraction of sp³-hybridized carbons (Fsp3) is 0.455. The van der Waals surface area contributed by atoms with Crippen LogP contribution in [-0.2, 0) is 0 Å². The molecule has 0 aliphatic carbocycles. The predicted molar refractivity (Wildman–Crippen MR) is 58.0 cm³/mol. The molecule has 0 amide bonds. The molecule has 0 unspecified atom stereocenters. The lowest BCUT2D eigenvalue weighted by Gasteiger charge is -2.11. The topological polar surface area (TPSA) is 15.3 Å². The van der Waals surface area contributed by atoms with Crippen molar-refractivity contribution in [3.8, 4) is 0 Å².